The number of carbonyl (C=O) groups excluding carboxylic acids is 1. The molecule has 0 saturated heterocycles. The van der Waals surface area contributed by atoms with Crippen molar-refractivity contribution in [1.29, 1.82) is 0 Å². The molecule has 2 atom stereocenters. The molecule has 1 rings (SSSR count). The van der Waals surface area contributed by atoms with E-state index < -0.39 is 26.6 Å². The van der Waals surface area contributed by atoms with Gasteiger partial charge in [-0.05, 0) is 27.8 Å². The van der Waals surface area contributed by atoms with E-state index in [1.165, 1.54) is 6.08 Å². The number of hydrogen-bond acceptors (Lipinski definition) is 3. The highest BCUT2D eigenvalue weighted by Gasteiger charge is 2.68. The molecule has 1 aliphatic rings. The standard InChI is InChI=1S/C21H38O3Si2/c1-18(2,3)25(7,8)20(23)14-13-17(12-11-15-22)16-21(20,24)26(9,10)19(4,5)6/h11-16,23-24H,1-10H3. The van der Waals surface area contributed by atoms with Crippen LogP contribution < -0.4 is 0 Å². The third-order valence-electron chi connectivity index (χ3n) is 7.50. The van der Waals surface area contributed by atoms with Crippen LogP contribution in [0.5, 0.6) is 0 Å². The first kappa shape index (κ1) is 23.3. The van der Waals surface area contributed by atoms with Crippen molar-refractivity contribution < 1.29 is 15.0 Å². The first-order valence-corrected chi connectivity index (χ1v) is 15.4. The van der Waals surface area contributed by atoms with E-state index in [0.717, 1.165) is 11.9 Å². The van der Waals surface area contributed by atoms with E-state index >= 15 is 0 Å². The molecule has 148 valence electrons. The van der Waals surface area contributed by atoms with Crippen molar-refractivity contribution in [2.45, 2.75) is 88.3 Å². The van der Waals surface area contributed by atoms with Crippen molar-refractivity contribution in [2.75, 3.05) is 0 Å². The Morgan fingerprint density at radius 2 is 1.31 bits per heavy atom. The van der Waals surface area contributed by atoms with Gasteiger partial charge in [0, 0.05) is 0 Å². The SMILES string of the molecule is CC(C)(C)[Si](C)(C)C1(O)C=CC(C=CC=O)=CC1(O)[Si](C)(C)C(C)(C)C. The lowest BCUT2D eigenvalue weighted by atomic mass is 10.00. The van der Waals surface area contributed by atoms with Gasteiger partial charge in [-0.3, -0.25) is 4.79 Å². The van der Waals surface area contributed by atoms with Gasteiger partial charge in [0.2, 0.25) is 0 Å². The van der Waals surface area contributed by atoms with Crippen molar-refractivity contribution in [3.8, 4) is 0 Å². The van der Waals surface area contributed by atoms with Crippen LogP contribution in [0.3, 0.4) is 0 Å². The maximum Gasteiger partial charge on any atom is 0.142 e. The summed E-state index contributed by atoms with van der Waals surface area (Å²) < 4.78 is 0. The molecule has 2 N–H and O–H groups in total. The van der Waals surface area contributed by atoms with E-state index in [-0.39, 0.29) is 10.1 Å². The van der Waals surface area contributed by atoms with Crippen LogP contribution in [0.25, 0.3) is 0 Å². The van der Waals surface area contributed by atoms with E-state index in [1.54, 1.807) is 6.08 Å². The zero-order valence-electron chi connectivity index (χ0n) is 18.3. The van der Waals surface area contributed by atoms with Crippen LogP contribution in [0.15, 0.2) is 36.0 Å². The fourth-order valence-electron chi connectivity index (χ4n) is 3.48. The van der Waals surface area contributed by atoms with Crippen LogP contribution in [0.1, 0.15) is 41.5 Å². The van der Waals surface area contributed by atoms with Gasteiger partial charge in [0.05, 0.1) is 16.1 Å². The van der Waals surface area contributed by atoms with Gasteiger partial charge in [0.1, 0.15) is 16.7 Å². The number of rotatable bonds is 4. The average Bonchev–Trinajstić information content (AvgIpc) is 2.45. The maximum absolute atomic E-state index is 12.2. The summed E-state index contributed by atoms with van der Waals surface area (Å²) in [5.74, 6) is 0. The first-order valence-electron chi connectivity index (χ1n) is 9.38. The lowest BCUT2D eigenvalue weighted by Crippen LogP contribution is -2.79. The van der Waals surface area contributed by atoms with Crippen LogP contribution in [0, 0.1) is 0 Å². The van der Waals surface area contributed by atoms with Gasteiger partial charge in [-0.1, -0.05) is 86.0 Å². The molecule has 0 bridgehead atoms. The number of carbonyl (C=O) groups is 1. The van der Waals surface area contributed by atoms with Crippen molar-refractivity contribution in [2.24, 2.45) is 0 Å². The molecule has 0 spiro atoms. The third-order valence-corrected chi connectivity index (χ3v) is 20.1. The summed E-state index contributed by atoms with van der Waals surface area (Å²) in [5, 5.41) is 21.5. The van der Waals surface area contributed by atoms with Crippen molar-refractivity contribution in [3.05, 3.63) is 36.0 Å². The van der Waals surface area contributed by atoms with Gasteiger partial charge in [0.25, 0.3) is 0 Å². The molecule has 0 aromatic heterocycles. The molecule has 1 aliphatic carbocycles. The second kappa shape index (κ2) is 6.69. The van der Waals surface area contributed by atoms with E-state index in [9.17, 15) is 15.0 Å². The minimum absolute atomic E-state index is 0.105. The number of aldehydes is 1. The Balaban J connectivity index is 3.83. The highest BCUT2D eigenvalue weighted by Crippen LogP contribution is 2.56. The maximum atomic E-state index is 12.2. The topological polar surface area (TPSA) is 57.5 Å². The Hall–Kier alpha value is -0.756. The molecule has 0 heterocycles. The Morgan fingerprint density at radius 1 is 0.885 bits per heavy atom. The summed E-state index contributed by atoms with van der Waals surface area (Å²) in [4.78, 5) is 10.7. The minimum Gasteiger partial charge on any atom is -0.386 e. The van der Waals surface area contributed by atoms with Crippen molar-refractivity contribution >= 4 is 22.4 Å². The summed E-state index contributed by atoms with van der Waals surface area (Å²) >= 11 is 0. The summed E-state index contributed by atoms with van der Waals surface area (Å²) in [5.41, 5.74) is 0.771. The first-order chi connectivity index (χ1) is 11.4. The molecule has 26 heavy (non-hydrogen) atoms. The summed E-state index contributed by atoms with van der Waals surface area (Å²) in [6, 6.07) is 0. The van der Waals surface area contributed by atoms with Gasteiger partial charge in [-0.15, -0.1) is 0 Å². The molecule has 0 aliphatic heterocycles. The number of aliphatic hydroxyl groups is 2. The predicted molar refractivity (Wildman–Crippen MR) is 117 cm³/mol. The van der Waals surface area contributed by atoms with Crippen LogP contribution in [0.2, 0.25) is 36.3 Å². The Bertz CT molecular complexity index is 645. The normalized spacial score (nSPS) is 28.4. The Labute approximate surface area is 161 Å². The predicted octanol–water partition coefficient (Wildman–Crippen LogP) is 4.80. The van der Waals surface area contributed by atoms with E-state index in [2.05, 4.69) is 67.7 Å². The zero-order chi connectivity index (χ0) is 20.8. The quantitative estimate of drug-likeness (QED) is 0.409. The largest absolute Gasteiger partial charge is 0.386 e. The molecule has 0 radical (unpaired) electrons. The Morgan fingerprint density at radius 3 is 1.69 bits per heavy atom. The molecule has 0 aromatic rings. The molecule has 0 saturated carbocycles. The smallest absolute Gasteiger partial charge is 0.142 e. The minimum atomic E-state index is -2.44. The van der Waals surface area contributed by atoms with Crippen LogP contribution >= 0.6 is 0 Å². The van der Waals surface area contributed by atoms with Crippen LogP contribution in [-0.2, 0) is 4.79 Å². The van der Waals surface area contributed by atoms with Gasteiger partial charge in [0.15, 0.2) is 0 Å². The van der Waals surface area contributed by atoms with Gasteiger partial charge in [-0.25, -0.2) is 0 Å². The van der Waals surface area contributed by atoms with Crippen LogP contribution in [-0.4, -0.2) is 43.1 Å². The fraction of sp³-hybridized carbons (Fsp3) is 0.667. The molecule has 0 aromatic carbocycles. The van der Waals surface area contributed by atoms with Crippen molar-refractivity contribution in [1.82, 2.24) is 0 Å². The second-order valence-electron chi connectivity index (χ2n) is 10.8. The molecular weight excluding hydrogens is 356 g/mol. The second-order valence-corrected chi connectivity index (χ2v) is 21.8. The van der Waals surface area contributed by atoms with Crippen molar-refractivity contribution in [3.63, 3.8) is 0 Å². The molecule has 5 heteroatoms. The van der Waals surface area contributed by atoms with E-state index in [4.69, 9.17) is 0 Å². The molecule has 0 amide bonds. The van der Waals surface area contributed by atoms with Gasteiger partial charge in [-0.2, -0.15) is 0 Å². The summed E-state index contributed by atoms with van der Waals surface area (Å²) in [6.07, 6.45) is 9.35. The Kier molecular flexibility index (Phi) is 5.99. The van der Waals surface area contributed by atoms with Gasteiger partial charge < -0.3 is 10.2 Å². The molecular formula is C21H38O3Si2. The average molecular weight is 395 g/mol. The monoisotopic (exact) mass is 394 g/mol. The van der Waals surface area contributed by atoms with E-state index in [1.807, 2.05) is 18.2 Å². The zero-order valence-corrected chi connectivity index (χ0v) is 20.3. The number of allylic oxidation sites excluding steroid dienone is 4. The molecule has 2 unspecified atom stereocenters. The summed E-state index contributed by atoms with van der Waals surface area (Å²) in [6.45, 7) is 21.5. The third kappa shape index (κ3) is 3.28. The summed E-state index contributed by atoms with van der Waals surface area (Å²) in [7, 11) is -4.84. The van der Waals surface area contributed by atoms with E-state index in [0.29, 0.717) is 0 Å². The molecule has 0 fully saturated rings. The lowest BCUT2D eigenvalue weighted by molar-refractivity contribution is -0.104. The fourth-order valence-corrected chi connectivity index (χ4v) is 10.7. The molecule has 3 nitrogen and oxygen atoms in total. The lowest BCUT2D eigenvalue weighted by Gasteiger charge is -2.62. The highest BCUT2D eigenvalue weighted by atomic mass is 28.3. The van der Waals surface area contributed by atoms with Gasteiger partial charge >= 0.3 is 0 Å². The van der Waals surface area contributed by atoms with Crippen LogP contribution in [0.4, 0.5) is 0 Å². The highest BCUT2D eigenvalue weighted by molar-refractivity contribution is 6.90. The number of hydrogen-bond donors (Lipinski definition) is 2.